The number of carbonyl (C=O) groups excluding carboxylic acids is 3. The largest absolute Gasteiger partial charge is 0.510 e. The van der Waals surface area contributed by atoms with E-state index in [0.29, 0.717) is 16.7 Å². The van der Waals surface area contributed by atoms with Gasteiger partial charge in [0.05, 0.1) is 23.6 Å². The van der Waals surface area contributed by atoms with E-state index in [9.17, 15) is 39.9 Å². The van der Waals surface area contributed by atoms with Gasteiger partial charge in [-0.15, -0.1) is 0 Å². The van der Waals surface area contributed by atoms with Crippen LogP contribution in [0.15, 0.2) is 59.1 Å². The summed E-state index contributed by atoms with van der Waals surface area (Å²) in [4.78, 5) is 46.1. The molecule has 46 heavy (non-hydrogen) atoms. The maximum Gasteiger partial charge on any atom is 0.255 e. The second kappa shape index (κ2) is 11.3. The maximum absolute atomic E-state index is 14.2. The number of hydrogen-bond acceptors (Lipinski definition) is 11. The van der Waals surface area contributed by atoms with Gasteiger partial charge < -0.3 is 36.2 Å². The average Bonchev–Trinajstić information content (AvgIpc) is 3.00. The molecule has 4 aliphatic rings. The van der Waals surface area contributed by atoms with E-state index in [-0.39, 0.29) is 11.3 Å². The zero-order chi connectivity index (χ0) is 33.4. The van der Waals surface area contributed by atoms with Gasteiger partial charge in [0.25, 0.3) is 5.91 Å². The molecule has 6 atom stereocenters. The van der Waals surface area contributed by atoms with Gasteiger partial charge in [-0.3, -0.25) is 24.2 Å². The van der Waals surface area contributed by atoms with Gasteiger partial charge in [-0.05, 0) is 49.8 Å². The van der Waals surface area contributed by atoms with Crippen LogP contribution in [-0.2, 0) is 16.1 Å². The topological polar surface area (TPSA) is 188 Å². The highest BCUT2D eigenvalue weighted by Gasteiger charge is 2.67. The van der Waals surface area contributed by atoms with Crippen molar-refractivity contribution in [1.29, 1.82) is 0 Å². The molecule has 12 nitrogen and oxygen atoms in total. The predicted molar refractivity (Wildman–Crippen MR) is 168 cm³/mol. The Hall–Kier alpha value is -4.07. The first-order valence-electron chi connectivity index (χ1n) is 15.4. The van der Waals surface area contributed by atoms with Gasteiger partial charge in [-0.2, -0.15) is 0 Å². The molecule has 2 aromatic carbocycles. The summed E-state index contributed by atoms with van der Waals surface area (Å²) in [5, 5.41) is 57.9. The van der Waals surface area contributed by atoms with E-state index in [0.717, 1.165) is 38.3 Å². The summed E-state index contributed by atoms with van der Waals surface area (Å²) in [5.41, 5.74) is 3.52. The first kappa shape index (κ1) is 31.9. The number of Topliss-reactive ketones (excluding diaryl/α,β-unsaturated/α-hetero) is 2. The number of nitrogens with zero attached hydrogens (tertiary/aromatic N) is 3. The summed E-state index contributed by atoms with van der Waals surface area (Å²) in [6.45, 7) is 6.26. The third-order valence-corrected chi connectivity index (χ3v) is 10.4. The van der Waals surface area contributed by atoms with Crippen molar-refractivity contribution in [3.8, 4) is 16.9 Å². The second-order valence-electron chi connectivity index (χ2n) is 13.3. The van der Waals surface area contributed by atoms with Crippen LogP contribution in [0.1, 0.15) is 34.3 Å². The zero-order valence-electron chi connectivity index (χ0n) is 26.3. The van der Waals surface area contributed by atoms with Gasteiger partial charge in [-0.25, -0.2) is 0 Å². The number of carbonyl (C=O) groups is 3. The molecule has 1 heterocycles. The number of aliphatic hydroxyl groups excluding tert-OH is 3. The van der Waals surface area contributed by atoms with E-state index in [4.69, 9.17) is 5.73 Å². The molecule has 2 aromatic rings. The Morgan fingerprint density at radius 2 is 1.74 bits per heavy atom. The molecule has 0 bridgehead atoms. The molecule has 1 aliphatic heterocycles. The minimum absolute atomic E-state index is 0.109. The third-order valence-electron chi connectivity index (χ3n) is 10.4. The van der Waals surface area contributed by atoms with Gasteiger partial charge in [0.2, 0.25) is 5.78 Å². The lowest BCUT2D eigenvalue weighted by Gasteiger charge is -2.53. The lowest BCUT2D eigenvalue weighted by molar-refractivity contribution is -0.162. The van der Waals surface area contributed by atoms with Crippen molar-refractivity contribution in [2.45, 2.75) is 37.1 Å². The molecular weight excluding hydrogens is 592 g/mol. The SMILES string of the molecule is C[C@H]1c2ccc(-c3cccc(CN4CCN(C)CC4)c3)c(O)c2C(=O)C2=C(O)[C@]3(O)C(=O)C(C(N)=O)=C(O)[C@@H](N(C)C)[C@@H]3[C@@H](O)[C@@H]21. The number of phenols is 1. The van der Waals surface area contributed by atoms with Crippen LogP contribution in [0.4, 0.5) is 0 Å². The first-order chi connectivity index (χ1) is 21.7. The van der Waals surface area contributed by atoms with Crippen LogP contribution >= 0.6 is 0 Å². The van der Waals surface area contributed by atoms with Gasteiger partial charge in [-0.1, -0.05) is 37.3 Å². The number of primary amides is 1. The number of ketones is 2. The summed E-state index contributed by atoms with van der Waals surface area (Å²) >= 11 is 0. The van der Waals surface area contributed by atoms with Crippen LogP contribution < -0.4 is 5.73 Å². The Labute approximate surface area is 266 Å². The smallest absolute Gasteiger partial charge is 0.255 e. The number of phenolic OH excluding ortho intramolecular Hbond substituents is 1. The fourth-order valence-electron chi connectivity index (χ4n) is 7.96. The molecule has 12 heteroatoms. The fourth-order valence-corrected chi connectivity index (χ4v) is 7.96. The maximum atomic E-state index is 14.2. The number of nitrogens with two attached hydrogens (primary N) is 1. The van der Waals surface area contributed by atoms with Crippen molar-refractivity contribution < 1.29 is 39.9 Å². The standard InChI is InChI=1S/C34H40N4O8/c1-16-19-8-9-20(18-7-5-6-17(14-18)15-38-12-10-37(4)11-13-38)27(39)22(19)28(40)23-21(16)29(41)25-26(36(2)3)30(42)24(33(35)45)32(44)34(25,46)31(23)43/h5-9,14,16,21,25-26,29,39,41-43,46H,10-13,15H2,1-4H3,(H2,35,45)/t16-,21+,25+,26-,29-,34-/m0/s1. The number of fused-ring (bicyclic) bond motifs is 3. The Kier molecular flexibility index (Phi) is 7.85. The summed E-state index contributed by atoms with van der Waals surface area (Å²) in [5.74, 6) is -9.04. The predicted octanol–water partition coefficient (Wildman–Crippen LogP) is 1.07. The van der Waals surface area contributed by atoms with Gasteiger partial charge in [0.1, 0.15) is 22.8 Å². The van der Waals surface area contributed by atoms with E-state index in [1.54, 1.807) is 19.1 Å². The van der Waals surface area contributed by atoms with Crippen molar-refractivity contribution in [2.75, 3.05) is 47.3 Å². The molecule has 6 rings (SSSR count). The molecule has 3 aliphatic carbocycles. The third kappa shape index (κ3) is 4.58. The van der Waals surface area contributed by atoms with Crippen LogP contribution in [0, 0.1) is 11.8 Å². The average molecular weight is 633 g/mol. The Balaban J connectivity index is 1.45. The molecule has 0 unspecified atom stereocenters. The summed E-state index contributed by atoms with van der Waals surface area (Å²) in [6, 6.07) is 9.80. The monoisotopic (exact) mass is 632 g/mol. The quantitative estimate of drug-likeness (QED) is 0.259. The summed E-state index contributed by atoms with van der Waals surface area (Å²) in [7, 11) is 5.10. The van der Waals surface area contributed by atoms with E-state index >= 15 is 0 Å². The molecule has 0 spiro atoms. The van der Waals surface area contributed by atoms with Crippen LogP contribution in [-0.4, -0.2) is 123 Å². The second-order valence-corrected chi connectivity index (χ2v) is 13.3. The Morgan fingerprint density at radius 3 is 2.37 bits per heavy atom. The number of hydrogen-bond donors (Lipinski definition) is 6. The molecule has 0 radical (unpaired) electrons. The molecule has 0 aromatic heterocycles. The summed E-state index contributed by atoms with van der Waals surface area (Å²) in [6.07, 6.45) is -1.64. The number of piperazine rings is 1. The minimum Gasteiger partial charge on any atom is -0.510 e. The highest BCUT2D eigenvalue weighted by Crippen LogP contribution is 2.56. The normalized spacial score (nSPS) is 30.4. The van der Waals surface area contributed by atoms with Crippen LogP contribution in [0.3, 0.4) is 0 Å². The molecule has 0 saturated carbocycles. The Bertz CT molecular complexity index is 1710. The van der Waals surface area contributed by atoms with E-state index in [1.807, 2.05) is 24.3 Å². The van der Waals surface area contributed by atoms with E-state index in [1.165, 1.54) is 19.0 Å². The van der Waals surface area contributed by atoms with E-state index < -0.39 is 75.6 Å². The molecule has 1 saturated heterocycles. The van der Waals surface area contributed by atoms with E-state index in [2.05, 4.69) is 16.8 Å². The highest BCUT2D eigenvalue weighted by molar-refractivity contribution is 6.25. The number of benzene rings is 2. The van der Waals surface area contributed by atoms with Crippen LogP contribution in [0.5, 0.6) is 5.75 Å². The van der Waals surface area contributed by atoms with Crippen LogP contribution in [0.2, 0.25) is 0 Å². The van der Waals surface area contributed by atoms with Crippen molar-refractivity contribution >= 4 is 17.5 Å². The molecule has 1 fully saturated rings. The van der Waals surface area contributed by atoms with Crippen molar-refractivity contribution in [1.82, 2.24) is 14.7 Å². The van der Waals surface area contributed by atoms with Crippen molar-refractivity contribution in [3.63, 3.8) is 0 Å². The number of amides is 1. The summed E-state index contributed by atoms with van der Waals surface area (Å²) < 4.78 is 0. The first-order valence-corrected chi connectivity index (χ1v) is 15.4. The van der Waals surface area contributed by atoms with Gasteiger partial charge in [0, 0.05) is 49.8 Å². The van der Waals surface area contributed by atoms with Crippen molar-refractivity contribution in [2.24, 2.45) is 17.6 Å². The number of rotatable bonds is 5. The fraction of sp³-hybridized carbons (Fsp3) is 0.441. The molecular formula is C34H40N4O8. The number of aromatic hydroxyl groups is 1. The molecule has 7 N–H and O–H groups in total. The van der Waals surface area contributed by atoms with Gasteiger partial charge >= 0.3 is 0 Å². The Morgan fingerprint density at radius 1 is 1.07 bits per heavy atom. The highest BCUT2D eigenvalue weighted by atomic mass is 16.4. The number of aliphatic hydroxyl groups is 4. The van der Waals surface area contributed by atoms with Gasteiger partial charge in [0.15, 0.2) is 11.4 Å². The minimum atomic E-state index is -2.95. The zero-order valence-corrected chi connectivity index (χ0v) is 26.3. The number of likely N-dealkylation sites (N-methyl/N-ethyl adjacent to an activating group) is 2. The van der Waals surface area contributed by atoms with Crippen LogP contribution in [0.25, 0.3) is 11.1 Å². The lowest BCUT2D eigenvalue weighted by Crippen LogP contribution is -2.68. The lowest BCUT2D eigenvalue weighted by atomic mass is 9.55. The molecule has 244 valence electrons. The van der Waals surface area contributed by atoms with Crippen molar-refractivity contribution in [3.05, 3.63) is 75.8 Å². The molecule has 1 amide bonds.